The van der Waals surface area contributed by atoms with E-state index in [0.29, 0.717) is 34.0 Å². The number of ketones is 1. The molecule has 0 bridgehead atoms. The van der Waals surface area contributed by atoms with Crippen LogP contribution in [-0.4, -0.2) is 39.0 Å². The van der Waals surface area contributed by atoms with Crippen LogP contribution < -0.4 is 0 Å². The number of aliphatic imine (C=N–C) groups is 1. The van der Waals surface area contributed by atoms with Crippen LogP contribution in [-0.2, 0) is 9.53 Å². The van der Waals surface area contributed by atoms with Gasteiger partial charge < -0.3 is 9.84 Å². The summed E-state index contributed by atoms with van der Waals surface area (Å²) in [6.45, 7) is 6.70. The number of nitrogens with zero attached hydrogens (tertiary/aromatic N) is 1. The van der Waals surface area contributed by atoms with Crippen molar-refractivity contribution in [3.8, 4) is 0 Å². The molecule has 154 valence electrons. The molecule has 5 heteroatoms. The van der Waals surface area contributed by atoms with Crippen LogP contribution in [0, 0.1) is 34.5 Å². The summed E-state index contributed by atoms with van der Waals surface area (Å²) in [6.07, 6.45) is 10.7. The van der Waals surface area contributed by atoms with Crippen molar-refractivity contribution in [3.05, 3.63) is 12.2 Å². The maximum atomic E-state index is 13.3. The van der Waals surface area contributed by atoms with E-state index >= 15 is 0 Å². The Kier molecular flexibility index (Phi) is 4.38. The molecule has 0 aromatic carbocycles. The molecule has 0 aromatic heterocycles. The van der Waals surface area contributed by atoms with Gasteiger partial charge in [-0.15, -0.1) is 0 Å². The molecule has 1 N–H and O–H groups in total. The Hall–Kier alpha value is -0.430. The van der Waals surface area contributed by atoms with Crippen LogP contribution in [0.1, 0.15) is 59.3 Å². The number of carbonyl (C=O) groups is 1. The van der Waals surface area contributed by atoms with Crippen LogP contribution >= 0.6 is 22.6 Å². The number of Topliss-reactive ketones (excluding diaryl/α,β-unsaturated/α-hetero) is 1. The summed E-state index contributed by atoms with van der Waals surface area (Å²) < 4.78 is 6.66. The number of aliphatic hydroxyl groups excluding tert-OH is 1. The number of ether oxygens (including phenoxy) is 1. The highest BCUT2D eigenvalue weighted by Gasteiger charge is 2.72. The number of hydrogen-bond acceptors (Lipinski definition) is 4. The van der Waals surface area contributed by atoms with Crippen LogP contribution in [0.4, 0.5) is 0 Å². The largest absolute Gasteiger partial charge is 0.475 e. The van der Waals surface area contributed by atoms with Crippen molar-refractivity contribution in [2.75, 3.05) is 4.43 Å². The predicted molar refractivity (Wildman–Crippen MR) is 118 cm³/mol. The molecule has 9 atom stereocenters. The van der Waals surface area contributed by atoms with Crippen molar-refractivity contribution < 1.29 is 14.6 Å². The number of rotatable bonds is 2. The van der Waals surface area contributed by atoms with Gasteiger partial charge in [0.15, 0.2) is 17.2 Å². The molecule has 0 radical (unpaired) electrons. The Bertz CT molecular complexity index is 765. The zero-order chi connectivity index (χ0) is 19.9. The number of halogens is 1. The molecule has 1 heterocycles. The van der Waals surface area contributed by atoms with E-state index < -0.39 is 5.54 Å². The summed E-state index contributed by atoms with van der Waals surface area (Å²) in [4.78, 5) is 18.2. The van der Waals surface area contributed by atoms with Gasteiger partial charge >= 0.3 is 0 Å². The van der Waals surface area contributed by atoms with Gasteiger partial charge in [0.05, 0.1) is 10.5 Å². The predicted octanol–water partition coefficient (Wildman–Crippen LogP) is 4.34. The number of aliphatic hydroxyl groups is 1. The van der Waals surface area contributed by atoms with E-state index in [4.69, 9.17) is 9.73 Å². The van der Waals surface area contributed by atoms with E-state index in [0.717, 1.165) is 38.5 Å². The monoisotopic (exact) mass is 497 g/mol. The highest BCUT2D eigenvalue weighted by atomic mass is 127. The van der Waals surface area contributed by atoms with Crippen LogP contribution in [0.15, 0.2) is 17.1 Å². The fourth-order valence-corrected chi connectivity index (χ4v) is 8.66. The smallest absolute Gasteiger partial charge is 0.181 e. The second-order valence-electron chi connectivity index (χ2n) is 10.5. The molecule has 5 rings (SSSR count). The zero-order valence-electron chi connectivity index (χ0n) is 17.2. The lowest BCUT2D eigenvalue weighted by Crippen LogP contribution is -2.59. The standard InChI is InChI=1S/C23H32INO3/c1-13-25-23(19(27)12-24)20(28-13)11-18-16-5-4-14-10-15(26)6-8-21(14,2)17(16)7-9-22(18,23)3/h4-5,14-18,20,26H,6-12H2,1-3H3/t14?,15-,16+,17?,18-,20+,21-,22-,23+/m0/s1. The summed E-state index contributed by atoms with van der Waals surface area (Å²) in [5.41, 5.74) is -0.527. The molecule has 1 aliphatic heterocycles. The lowest BCUT2D eigenvalue weighted by molar-refractivity contribution is -0.131. The third-order valence-electron chi connectivity index (χ3n) is 9.52. The first-order valence-electron chi connectivity index (χ1n) is 10.9. The molecule has 4 nitrogen and oxygen atoms in total. The fraction of sp³-hybridized carbons (Fsp3) is 0.826. The first-order chi connectivity index (χ1) is 13.3. The Morgan fingerprint density at radius 1 is 1.25 bits per heavy atom. The second kappa shape index (κ2) is 6.29. The maximum Gasteiger partial charge on any atom is 0.181 e. The summed E-state index contributed by atoms with van der Waals surface area (Å²) in [5, 5.41) is 10.2. The lowest BCUT2D eigenvalue weighted by Gasteiger charge is -2.59. The van der Waals surface area contributed by atoms with Crippen LogP contribution in [0.5, 0.6) is 0 Å². The van der Waals surface area contributed by atoms with Crippen molar-refractivity contribution >= 4 is 34.3 Å². The topological polar surface area (TPSA) is 58.9 Å². The number of alkyl halides is 1. The Balaban J connectivity index is 1.56. The Labute approximate surface area is 181 Å². The molecule has 0 spiro atoms. The van der Waals surface area contributed by atoms with Gasteiger partial charge in [-0.3, -0.25) is 4.79 Å². The molecule has 4 aliphatic carbocycles. The van der Waals surface area contributed by atoms with E-state index in [1.54, 1.807) is 0 Å². The molecule has 0 aromatic rings. The molecule has 5 aliphatic rings. The number of allylic oxidation sites excluding steroid dienone is 2. The number of carbonyl (C=O) groups excluding carboxylic acids is 1. The summed E-state index contributed by atoms with van der Waals surface area (Å²) >= 11 is 2.21. The summed E-state index contributed by atoms with van der Waals surface area (Å²) in [6, 6.07) is 0. The SMILES string of the molecule is CC1=N[C@]2(C(=O)CI)[C@@H](C[C@H]3[C@@H]4C=CC5C[C@@H](O)CC[C@]5(C)C4CC[C@@]32C)O1. The maximum absolute atomic E-state index is 13.3. The Morgan fingerprint density at radius 3 is 2.79 bits per heavy atom. The van der Waals surface area contributed by atoms with Gasteiger partial charge in [-0.2, -0.15) is 0 Å². The van der Waals surface area contributed by atoms with Crippen molar-refractivity contribution in [2.24, 2.45) is 39.5 Å². The van der Waals surface area contributed by atoms with Gasteiger partial charge in [0.25, 0.3) is 0 Å². The molecule has 2 unspecified atom stereocenters. The highest BCUT2D eigenvalue weighted by Crippen LogP contribution is 2.69. The minimum Gasteiger partial charge on any atom is -0.475 e. The van der Waals surface area contributed by atoms with Crippen molar-refractivity contribution in [1.82, 2.24) is 0 Å². The van der Waals surface area contributed by atoms with Gasteiger partial charge in [0, 0.05) is 12.3 Å². The molecular formula is C23H32INO3. The molecule has 3 saturated carbocycles. The van der Waals surface area contributed by atoms with E-state index in [1.165, 1.54) is 0 Å². The van der Waals surface area contributed by atoms with E-state index in [2.05, 4.69) is 48.6 Å². The first kappa shape index (κ1) is 19.5. The Morgan fingerprint density at radius 2 is 2.04 bits per heavy atom. The van der Waals surface area contributed by atoms with Gasteiger partial charge in [0.1, 0.15) is 6.10 Å². The van der Waals surface area contributed by atoms with Crippen LogP contribution in [0.25, 0.3) is 0 Å². The second-order valence-corrected chi connectivity index (χ2v) is 11.2. The van der Waals surface area contributed by atoms with E-state index in [9.17, 15) is 9.90 Å². The van der Waals surface area contributed by atoms with Crippen molar-refractivity contribution in [3.63, 3.8) is 0 Å². The average Bonchev–Trinajstić information content (AvgIpc) is 3.12. The van der Waals surface area contributed by atoms with E-state index in [-0.39, 0.29) is 28.8 Å². The van der Waals surface area contributed by atoms with Crippen molar-refractivity contribution in [2.45, 2.75) is 77.0 Å². The fourth-order valence-electron chi connectivity index (χ4n) is 8.08. The zero-order valence-corrected chi connectivity index (χ0v) is 19.3. The lowest BCUT2D eigenvalue weighted by atomic mass is 9.46. The van der Waals surface area contributed by atoms with E-state index in [1.807, 2.05) is 6.92 Å². The normalized spacial score (nSPS) is 54.1. The number of hydrogen-bond donors (Lipinski definition) is 1. The van der Waals surface area contributed by atoms with Gasteiger partial charge in [-0.1, -0.05) is 48.6 Å². The minimum absolute atomic E-state index is 0.0874. The third kappa shape index (κ3) is 2.26. The minimum atomic E-state index is -0.678. The number of fused-ring (bicyclic) bond motifs is 7. The highest BCUT2D eigenvalue weighted by molar-refractivity contribution is 14.1. The van der Waals surface area contributed by atoms with Gasteiger partial charge in [-0.25, -0.2) is 4.99 Å². The van der Waals surface area contributed by atoms with Gasteiger partial charge in [0.2, 0.25) is 0 Å². The molecular weight excluding hydrogens is 465 g/mol. The quantitative estimate of drug-likeness (QED) is 0.351. The average molecular weight is 497 g/mol. The molecule has 3 fully saturated rings. The molecule has 0 saturated heterocycles. The van der Waals surface area contributed by atoms with Crippen LogP contribution in [0.2, 0.25) is 0 Å². The van der Waals surface area contributed by atoms with Gasteiger partial charge in [-0.05, 0) is 67.6 Å². The third-order valence-corrected chi connectivity index (χ3v) is 10.2. The van der Waals surface area contributed by atoms with Crippen molar-refractivity contribution in [1.29, 1.82) is 0 Å². The molecule has 0 amide bonds. The molecule has 28 heavy (non-hydrogen) atoms. The summed E-state index contributed by atoms with van der Waals surface area (Å²) in [5.74, 6) is 3.02. The summed E-state index contributed by atoms with van der Waals surface area (Å²) in [7, 11) is 0. The first-order valence-corrected chi connectivity index (χ1v) is 12.5. The van der Waals surface area contributed by atoms with Crippen LogP contribution in [0.3, 0.4) is 0 Å².